The summed E-state index contributed by atoms with van der Waals surface area (Å²) < 4.78 is 0. The lowest BCUT2D eigenvalue weighted by Crippen LogP contribution is -2.55. The molecule has 1 aliphatic rings. The van der Waals surface area contributed by atoms with E-state index in [-0.39, 0.29) is 17.7 Å². The zero-order chi connectivity index (χ0) is 12.4. The third kappa shape index (κ3) is 2.27. The van der Waals surface area contributed by atoms with Gasteiger partial charge in [-0.3, -0.25) is 14.6 Å². The van der Waals surface area contributed by atoms with E-state index in [1.165, 1.54) is 0 Å². The molecular weight excluding hydrogens is 218 g/mol. The van der Waals surface area contributed by atoms with Crippen molar-refractivity contribution in [2.75, 3.05) is 27.2 Å². The molecule has 17 heavy (non-hydrogen) atoms. The molecule has 0 N–H and O–H groups in total. The van der Waals surface area contributed by atoms with E-state index in [0.29, 0.717) is 18.7 Å². The molecule has 5 heteroatoms. The summed E-state index contributed by atoms with van der Waals surface area (Å²) >= 11 is 0. The Morgan fingerprint density at radius 3 is 2.65 bits per heavy atom. The number of amides is 2. The molecule has 1 aromatic heterocycles. The van der Waals surface area contributed by atoms with Gasteiger partial charge in [0.2, 0.25) is 5.91 Å². The Morgan fingerprint density at radius 1 is 1.41 bits per heavy atom. The number of carbonyl (C=O) groups is 2. The lowest BCUT2D eigenvalue weighted by Gasteiger charge is -2.39. The van der Waals surface area contributed by atoms with Gasteiger partial charge in [-0.2, -0.15) is 0 Å². The number of carbonyl (C=O) groups excluding carboxylic acids is 2. The summed E-state index contributed by atoms with van der Waals surface area (Å²) in [6.07, 6.45) is 3.18. The van der Waals surface area contributed by atoms with Crippen LogP contribution < -0.4 is 0 Å². The smallest absolute Gasteiger partial charge is 0.255 e. The molecule has 0 radical (unpaired) electrons. The van der Waals surface area contributed by atoms with Crippen molar-refractivity contribution in [3.8, 4) is 0 Å². The Kier molecular flexibility index (Phi) is 3.08. The minimum atomic E-state index is -0.0547. The van der Waals surface area contributed by atoms with Gasteiger partial charge in [-0.15, -0.1) is 0 Å². The summed E-state index contributed by atoms with van der Waals surface area (Å²) in [7, 11) is 3.46. The Balaban J connectivity index is 1.92. The molecule has 0 atom stereocenters. The average Bonchev–Trinajstić information content (AvgIpc) is 2.27. The Bertz CT molecular complexity index is 425. The van der Waals surface area contributed by atoms with Crippen LogP contribution in [0.25, 0.3) is 0 Å². The molecule has 1 fully saturated rings. The van der Waals surface area contributed by atoms with E-state index in [9.17, 15) is 9.59 Å². The SMILES string of the molecule is CN(C)C(=O)C1CN(C(=O)c2cccnc2)C1. The second kappa shape index (κ2) is 4.53. The first-order valence-electron chi connectivity index (χ1n) is 5.50. The largest absolute Gasteiger partial charge is 0.348 e. The van der Waals surface area contributed by atoms with Crippen LogP contribution in [0.4, 0.5) is 0 Å². The van der Waals surface area contributed by atoms with E-state index in [0.717, 1.165) is 0 Å². The quantitative estimate of drug-likeness (QED) is 0.735. The lowest BCUT2D eigenvalue weighted by molar-refractivity contribution is -0.137. The van der Waals surface area contributed by atoms with Gasteiger partial charge < -0.3 is 9.80 Å². The number of nitrogens with zero attached hydrogens (tertiary/aromatic N) is 3. The van der Waals surface area contributed by atoms with Gasteiger partial charge in [0.1, 0.15) is 0 Å². The second-order valence-electron chi connectivity index (χ2n) is 4.38. The number of likely N-dealkylation sites (tertiary alicyclic amines) is 1. The van der Waals surface area contributed by atoms with Gasteiger partial charge >= 0.3 is 0 Å². The van der Waals surface area contributed by atoms with E-state index in [1.54, 1.807) is 48.4 Å². The van der Waals surface area contributed by atoms with Crippen LogP contribution in [0.1, 0.15) is 10.4 Å². The molecule has 2 rings (SSSR count). The molecule has 1 aromatic rings. The van der Waals surface area contributed by atoms with Crippen molar-refractivity contribution >= 4 is 11.8 Å². The highest BCUT2D eigenvalue weighted by Crippen LogP contribution is 2.19. The van der Waals surface area contributed by atoms with Crippen LogP contribution in [0.5, 0.6) is 0 Å². The summed E-state index contributed by atoms with van der Waals surface area (Å²) in [6.45, 7) is 1.01. The summed E-state index contributed by atoms with van der Waals surface area (Å²) in [6, 6.07) is 3.46. The molecule has 0 aromatic carbocycles. The molecular formula is C12H15N3O2. The predicted octanol–water partition coefficient (Wildman–Crippen LogP) is 0.242. The standard InChI is InChI=1S/C12H15N3O2/c1-14(2)11(16)10-7-15(8-10)12(17)9-4-3-5-13-6-9/h3-6,10H,7-8H2,1-2H3. The maximum atomic E-state index is 11.9. The van der Waals surface area contributed by atoms with Gasteiger partial charge in [0.25, 0.3) is 5.91 Å². The fraction of sp³-hybridized carbons (Fsp3) is 0.417. The molecule has 2 heterocycles. The second-order valence-corrected chi connectivity index (χ2v) is 4.38. The highest BCUT2D eigenvalue weighted by molar-refractivity contribution is 5.95. The minimum Gasteiger partial charge on any atom is -0.348 e. The monoisotopic (exact) mass is 233 g/mol. The number of hydrogen-bond donors (Lipinski definition) is 0. The predicted molar refractivity (Wildman–Crippen MR) is 62.3 cm³/mol. The molecule has 0 bridgehead atoms. The molecule has 1 aliphatic heterocycles. The number of pyridine rings is 1. The van der Waals surface area contributed by atoms with Crippen molar-refractivity contribution in [3.05, 3.63) is 30.1 Å². The van der Waals surface area contributed by atoms with Gasteiger partial charge in [-0.25, -0.2) is 0 Å². The lowest BCUT2D eigenvalue weighted by atomic mass is 9.98. The Labute approximate surface area is 100 Å². The third-order valence-corrected chi connectivity index (χ3v) is 2.87. The van der Waals surface area contributed by atoms with Gasteiger partial charge in [0.15, 0.2) is 0 Å². The van der Waals surface area contributed by atoms with Crippen LogP contribution in [-0.2, 0) is 4.79 Å². The van der Waals surface area contributed by atoms with E-state index in [1.807, 2.05) is 0 Å². The number of rotatable bonds is 2. The van der Waals surface area contributed by atoms with Crippen LogP contribution in [-0.4, -0.2) is 53.8 Å². The molecule has 2 amide bonds. The van der Waals surface area contributed by atoms with E-state index >= 15 is 0 Å². The minimum absolute atomic E-state index is 0.0504. The first-order valence-corrected chi connectivity index (χ1v) is 5.50. The first-order chi connectivity index (χ1) is 8.09. The molecule has 90 valence electrons. The summed E-state index contributed by atoms with van der Waals surface area (Å²) in [5.74, 6) is -0.0215. The van der Waals surface area contributed by atoms with Crippen LogP contribution in [0.3, 0.4) is 0 Å². The topological polar surface area (TPSA) is 53.5 Å². The maximum absolute atomic E-state index is 11.9. The van der Waals surface area contributed by atoms with Crippen molar-refractivity contribution in [1.29, 1.82) is 0 Å². The van der Waals surface area contributed by atoms with Crippen LogP contribution in [0, 0.1) is 5.92 Å². The van der Waals surface area contributed by atoms with E-state index in [4.69, 9.17) is 0 Å². The van der Waals surface area contributed by atoms with Crippen molar-refractivity contribution in [3.63, 3.8) is 0 Å². The van der Waals surface area contributed by atoms with Crippen LogP contribution in [0.15, 0.2) is 24.5 Å². The molecule has 0 saturated carbocycles. The third-order valence-electron chi connectivity index (χ3n) is 2.87. The van der Waals surface area contributed by atoms with Crippen molar-refractivity contribution in [2.24, 2.45) is 5.92 Å². The number of aromatic nitrogens is 1. The van der Waals surface area contributed by atoms with Crippen molar-refractivity contribution in [2.45, 2.75) is 0 Å². The molecule has 5 nitrogen and oxygen atoms in total. The fourth-order valence-corrected chi connectivity index (χ4v) is 1.84. The van der Waals surface area contributed by atoms with Gasteiger partial charge in [-0.05, 0) is 12.1 Å². The Hall–Kier alpha value is -1.91. The van der Waals surface area contributed by atoms with Crippen LogP contribution >= 0.6 is 0 Å². The van der Waals surface area contributed by atoms with Gasteiger partial charge in [0.05, 0.1) is 11.5 Å². The van der Waals surface area contributed by atoms with Crippen molar-refractivity contribution < 1.29 is 9.59 Å². The Morgan fingerprint density at radius 2 is 2.12 bits per heavy atom. The summed E-state index contributed by atoms with van der Waals surface area (Å²) in [5, 5.41) is 0. The summed E-state index contributed by atoms with van der Waals surface area (Å²) in [5.41, 5.74) is 0.572. The first kappa shape index (κ1) is 11.6. The highest BCUT2D eigenvalue weighted by Gasteiger charge is 2.36. The normalized spacial score (nSPS) is 15.3. The van der Waals surface area contributed by atoms with E-state index < -0.39 is 0 Å². The van der Waals surface area contributed by atoms with Crippen molar-refractivity contribution in [1.82, 2.24) is 14.8 Å². The van der Waals surface area contributed by atoms with Gasteiger partial charge in [0, 0.05) is 39.6 Å². The van der Waals surface area contributed by atoms with Gasteiger partial charge in [-0.1, -0.05) is 0 Å². The number of hydrogen-bond acceptors (Lipinski definition) is 3. The molecule has 0 spiro atoms. The highest BCUT2D eigenvalue weighted by atomic mass is 16.2. The van der Waals surface area contributed by atoms with E-state index in [2.05, 4.69) is 4.98 Å². The molecule has 0 unspecified atom stereocenters. The molecule has 0 aliphatic carbocycles. The zero-order valence-electron chi connectivity index (χ0n) is 9.96. The fourth-order valence-electron chi connectivity index (χ4n) is 1.84. The maximum Gasteiger partial charge on any atom is 0.255 e. The van der Waals surface area contributed by atoms with Crippen LogP contribution in [0.2, 0.25) is 0 Å². The zero-order valence-corrected chi connectivity index (χ0v) is 9.96. The summed E-state index contributed by atoms with van der Waals surface area (Å²) in [4.78, 5) is 30.7. The molecule has 1 saturated heterocycles. The average molecular weight is 233 g/mol.